The third kappa shape index (κ3) is 4.21. The lowest BCUT2D eigenvalue weighted by atomic mass is 10.1. The Balaban J connectivity index is 1.71. The molecule has 1 heterocycles. The summed E-state index contributed by atoms with van der Waals surface area (Å²) in [4.78, 5) is 12.3. The number of amides is 1. The van der Waals surface area contributed by atoms with Crippen molar-refractivity contribution in [2.75, 3.05) is 5.32 Å². The van der Waals surface area contributed by atoms with Crippen LogP contribution in [0.3, 0.4) is 0 Å². The third-order valence-corrected chi connectivity index (χ3v) is 4.43. The number of benzene rings is 1. The van der Waals surface area contributed by atoms with Crippen molar-refractivity contribution in [2.24, 2.45) is 5.92 Å². The Bertz CT molecular complexity index is 778. The summed E-state index contributed by atoms with van der Waals surface area (Å²) in [6, 6.07) is 6.81. The molecule has 25 heavy (non-hydrogen) atoms. The maximum Gasteiger partial charge on any atom is 0.416 e. The van der Waals surface area contributed by atoms with Crippen LogP contribution < -0.4 is 5.32 Å². The van der Waals surface area contributed by atoms with Gasteiger partial charge in [0.1, 0.15) is 5.82 Å². The predicted octanol–water partition coefficient (Wildman–Crippen LogP) is 4.36. The monoisotopic (exact) mass is 351 g/mol. The number of nitrogens with one attached hydrogen (secondary N) is 1. The fraction of sp³-hybridized carbons (Fsp3) is 0.444. The summed E-state index contributed by atoms with van der Waals surface area (Å²) in [7, 11) is 0. The van der Waals surface area contributed by atoms with Crippen LogP contribution in [0.1, 0.15) is 42.6 Å². The van der Waals surface area contributed by atoms with Crippen LogP contribution in [0, 0.1) is 12.8 Å². The number of alkyl halides is 3. The second-order valence-corrected chi connectivity index (χ2v) is 6.62. The van der Waals surface area contributed by atoms with Crippen LogP contribution in [0.25, 0.3) is 0 Å². The van der Waals surface area contributed by atoms with Crippen LogP contribution in [0.5, 0.6) is 0 Å². The maximum absolute atomic E-state index is 12.8. The number of aromatic nitrogens is 2. The first-order chi connectivity index (χ1) is 11.7. The van der Waals surface area contributed by atoms with Gasteiger partial charge in [0.2, 0.25) is 5.91 Å². The zero-order valence-corrected chi connectivity index (χ0v) is 14.1. The van der Waals surface area contributed by atoms with Gasteiger partial charge in [-0.2, -0.15) is 18.3 Å². The molecule has 1 fully saturated rings. The second-order valence-electron chi connectivity index (χ2n) is 6.62. The van der Waals surface area contributed by atoms with Gasteiger partial charge < -0.3 is 5.32 Å². The molecule has 1 aromatic heterocycles. The number of carbonyl (C=O) groups excluding carboxylic acids is 1. The summed E-state index contributed by atoms with van der Waals surface area (Å²) in [5.74, 6) is 0.802. The standard InChI is InChI=1S/C18H20F3N3O/c1-11-8-16(24(23-11)12(2)14-6-7-14)22-17(25)10-13-4-3-5-15(9-13)18(19,20)21/h3-5,8-9,12,14H,6-7,10H2,1-2H3,(H,22,25). The highest BCUT2D eigenvalue weighted by Gasteiger charge is 2.32. The lowest BCUT2D eigenvalue weighted by Gasteiger charge is -2.15. The van der Waals surface area contributed by atoms with Gasteiger partial charge in [0, 0.05) is 6.07 Å². The maximum atomic E-state index is 12.8. The molecule has 1 aromatic carbocycles. The van der Waals surface area contributed by atoms with Gasteiger partial charge in [0.25, 0.3) is 0 Å². The van der Waals surface area contributed by atoms with E-state index in [-0.39, 0.29) is 18.4 Å². The normalized spacial score (nSPS) is 15.9. The number of hydrogen-bond acceptors (Lipinski definition) is 2. The number of hydrogen-bond donors (Lipinski definition) is 1. The molecule has 1 N–H and O–H groups in total. The van der Waals surface area contributed by atoms with Crippen LogP contribution in [-0.2, 0) is 17.4 Å². The minimum atomic E-state index is -4.41. The Kier molecular flexibility index (Phi) is 4.58. The van der Waals surface area contributed by atoms with Crippen molar-refractivity contribution in [3.05, 3.63) is 47.2 Å². The second kappa shape index (κ2) is 6.54. The molecule has 0 radical (unpaired) electrons. The topological polar surface area (TPSA) is 46.9 Å². The van der Waals surface area contributed by atoms with E-state index in [1.165, 1.54) is 12.1 Å². The van der Waals surface area contributed by atoms with E-state index in [4.69, 9.17) is 0 Å². The van der Waals surface area contributed by atoms with Crippen LogP contribution in [0.15, 0.2) is 30.3 Å². The van der Waals surface area contributed by atoms with Gasteiger partial charge >= 0.3 is 6.18 Å². The number of carbonyl (C=O) groups is 1. The molecular formula is C18H20F3N3O. The fourth-order valence-corrected chi connectivity index (χ4v) is 2.93. The molecule has 0 spiro atoms. The molecule has 0 saturated heterocycles. The quantitative estimate of drug-likeness (QED) is 0.870. The molecule has 134 valence electrons. The first-order valence-corrected chi connectivity index (χ1v) is 8.26. The largest absolute Gasteiger partial charge is 0.416 e. The van der Waals surface area contributed by atoms with E-state index >= 15 is 0 Å². The zero-order valence-electron chi connectivity index (χ0n) is 14.1. The molecule has 1 saturated carbocycles. The van der Waals surface area contributed by atoms with Gasteiger partial charge in [0.05, 0.1) is 23.7 Å². The molecule has 7 heteroatoms. The average molecular weight is 351 g/mol. The summed E-state index contributed by atoms with van der Waals surface area (Å²) >= 11 is 0. The van der Waals surface area contributed by atoms with E-state index in [0.29, 0.717) is 17.3 Å². The summed E-state index contributed by atoms with van der Waals surface area (Å²) in [6.45, 7) is 3.91. The SMILES string of the molecule is Cc1cc(NC(=O)Cc2cccc(C(F)(F)F)c2)n(C(C)C2CC2)n1. The van der Waals surface area contributed by atoms with Crippen molar-refractivity contribution in [1.29, 1.82) is 0 Å². The van der Waals surface area contributed by atoms with E-state index in [0.717, 1.165) is 30.7 Å². The lowest BCUT2D eigenvalue weighted by molar-refractivity contribution is -0.137. The molecule has 2 aromatic rings. The first-order valence-electron chi connectivity index (χ1n) is 8.26. The van der Waals surface area contributed by atoms with Gasteiger partial charge in [-0.25, -0.2) is 4.68 Å². The van der Waals surface area contributed by atoms with Crippen molar-refractivity contribution in [3.63, 3.8) is 0 Å². The zero-order chi connectivity index (χ0) is 18.2. The smallest absolute Gasteiger partial charge is 0.311 e. The van der Waals surface area contributed by atoms with E-state index in [1.807, 2.05) is 6.92 Å². The van der Waals surface area contributed by atoms with Gasteiger partial charge in [-0.1, -0.05) is 18.2 Å². The minimum Gasteiger partial charge on any atom is -0.311 e. The molecule has 4 nitrogen and oxygen atoms in total. The summed E-state index contributed by atoms with van der Waals surface area (Å²) in [6.07, 6.45) is -2.23. The number of aryl methyl sites for hydroxylation is 1. The number of halogens is 3. The first kappa shape index (κ1) is 17.5. The highest BCUT2D eigenvalue weighted by Crippen LogP contribution is 2.40. The van der Waals surface area contributed by atoms with Crippen molar-refractivity contribution in [2.45, 2.75) is 45.3 Å². The van der Waals surface area contributed by atoms with Crippen LogP contribution in [0.2, 0.25) is 0 Å². The van der Waals surface area contributed by atoms with E-state index in [9.17, 15) is 18.0 Å². The van der Waals surface area contributed by atoms with E-state index in [2.05, 4.69) is 17.3 Å². The molecule has 0 aliphatic heterocycles. The van der Waals surface area contributed by atoms with Crippen molar-refractivity contribution >= 4 is 11.7 Å². The summed E-state index contributed by atoms with van der Waals surface area (Å²) in [5, 5.41) is 7.21. The molecule has 3 rings (SSSR count). The molecule has 1 aliphatic carbocycles. The Morgan fingerprint density at radius 1 is 1.36 bits per heavy atom. The Labute approximate surface area is 144 Å². The van der Waals surface area contributed by atoms with Crippen LogP contribution in [-0.4, -0.2) is 15.7 Å². The summed E-state index contributed by atoms with van der Waals surface area (Å²) < 4.78 is 40.1. The number of anilines is 1. The van der Waals surface area contributed by atoms with E-state index in [1.54, 1.807) is 10.7 Å². The highest BCUT2D eigenvalue weighted by atomic mass is 19.4. The Morgan fingerprint density at radius 3 is 2.72 bits per heavy atom. The highest BCUT2D eigenvalue weighted by molar-refractivity contribution is 5.91. The molecule has 0 bridgehead atoms. The van der Waals surface area contributed by atoms with Crippen LogP contribution in [0.4, 0.5) is 19.0 Å². The van der Waals surface area contributed by atoms with Crippen molar-refractivity contribution in [1.82, 2.24) is 9.78 Å². The number of nitrogens with zero attached hydrogens (tertiary/aromatic N) is 2. The average Bonchev–Trinajstić information content (AvgIpc) is 3.30. The molecular weight excluding hydrogens is 331 g/mol. The van der Waals surface area contributed by atoms with Gasteiger partial charge in [-0.15, -0.1) is 0 Å². The molecule has 1 atom stereocenters. The summed E-state index contributed by atoms with van der Waals surface area (Å²) in [5.41, 5.74) is 0.369. The minimum absolute atomic E-state index is 0.119. The lowest BCUT2D eigenvalue weighted by Crippen LogP contribution is -2.20. The third-order valence-electron chi connectivity index (χ3n) is 4.43. The van der Waals surface area contributed by atoms with Gasteiger partial charge in [-0.05, 0) is 44.2 Å². The van der Waals surface area contributed by atoms with Gasteiger partial charge in [0.15, 0.2) is 0 Å². The fourth-order valence-electron chi connectivity index (χ4n) is 2.93. The molecule has 1 unspecified atom stereocenters. The van der Waals surface area contributed by atoms with Crippen LogP contribution >= 0.6 is 0 Å². The van der Waals surface area contributed by atoms with Gasteiger partial charge in [-0.3, -0.25) is 4.79 Å². The number of rotatable bonds is 5. The molecule has 1 amide bonds. The van der Waals surface area contributed by atoms with Crippen molar-refractivity contribution in [3.8, 4) is 0 Å². The van der Waals surface area contributed by atoms with Crippen molar-refractivity contribution < 1.29 is 18.0 Å². The Morgan fingerprint density at radius 2 is 2.08 bits per heavy atom. The molecule has 1 aliphatic rings. The predicted molar refractivity (Wildman–Crippen MR) is 88.2 cm³/mol. The van der Waals surface area contributed by atoms with E-state index < -0.39 is 11.7 Å². The Hall–Kier alpha value is -2.31.